The normalized spacial score (nSPS) is 11.1. The maximum atomic E-state index is 13.0. The van der Waals surface area contributed by atoms with Crippen LogP contribution in [0.5, 0.6) is 5.75 Å². The molecule has 0 fully saturated rings. The van der Waals surface area contributed by atoms with Gasteiger partial charge in [-0.05, 0) is 37.3 Å². The standard InChI is InChI=1S/C22H18F3N3O3/c1-3-10-31-18-9-5-7-16(13-18)26-21(30)20-19(29)11-14(2)28(27-20)17-8-4-6-15(12-17)22(23,24)25/h3-9,11-13H,1,10H2,2H3,(H,26,30). The van der Waals surface area contributed by atoms with E-state index >= 15 is 0 Å². The fraction of sp³-hybridized carbons (Fsp3) is 0.136. The van der Waals surface area contributed by atoms with E-state index in [1.165, 1.54) is 19.1 Å². The molecule has 9 heteroatoms. The number of hydrogen-bond donors (Lipinski definition) is 1. The van der Waals surface area contributed by atoms with Gasteiger partial charge in [-0.2, -0.15) is 18.3 Å². The van der Waals surface area contributed by atoms with E-state index in [0.29, 0.717) is 11.4 Å². The van der Waals surface area contributed by atoms with Crippen molar-refractivity contribution in [3.63, 3.8) is 0 Å². The summed E-state index contributed by atoms with van der Waals surface area (Å²) in [7, 11) is 0. The van der Waals surface area contributed by atoms with Gasteiger partial charge in [0.2, 0.25) is 5.43 Å². The van der Waals surface area contributed by atoms with E-state index in [2.05, 4.69) is 17.0 Å². The lowest BCUT2D eigenvalue weighted by atomic mass is 10.2. The minimum absolute atomic E-state index is 0.0706. The quantitative estimate of drug-likeness (QED) is 0.591. The largest absolute Gasteiger partial charge is 0.489 e. The summed E-state index contributed by atoms with van der Waals surface area (Å²) in [5, 5.41) is 6.56. The maximum absolute atomic E-state index is 13.0. The van der Waals surface area contributed by atoms with Crippen molar-refractivity contribution < 1.29 is 22.7 Å². The highest BCUT2D eigenvalue weighted by atomic mass is 19.4. The summed E-state index contributed by atoms with van der Waals surface area (Å²) >= 11 is 0. The molecule has 2 aromatic carbocycles. The number of benzene rings is 2. The second kappa shape index (κ2) is 8.86. The monoisotopic (exact) mass is 429 g/mol. The van der Waals surface area contributed by atoms with Gasteiger partial charge >= 0.3 is 6.18 Å². The lowest BCUT2D eigenvalue weighted by Crippen LogP contribution is -2.27. The van der Waals surface area contributed by atoms with Crippen LogP contribution >= 0.6 is 0 Å². The Morgan fingerprint density at radius 2 is 1.94 bits per heavy atom. The molecule has 0 aliphatic heterocycles. The van der Waals surface area contributed by atoms with Crippen LogP contribution in [0.3, 0.4) is 0 Å². The highest BCUT2D eigenvalue weighted by Crippen LogP contribution is 2.30. The van der Waals surface area contributed by atoms with Crippen molar-refractivity contribution in [2.75, 3.05) is 11.9 Å². The molecule has 0 atom stereocenters. The number of carbonyl (C=O) groups is 1. The molecule has 0 unspecified atom stereocenters. The zero-order valence-corrected chi connectivity index (χ0v) is 16.4. The Labute approximate surface area is 175 Å². The number of halogens is 3. The number of ether oxygens (including phenoxy) is 1. The van der Waals surface area contributed by atoms with Crippen molar-refractivity contribution in [1.82, 2.24) is 9.78 Å². The van der Waals surface area contributed by atoms with Gasteiger partial charge in [0.05, 0.1) is 11.3 Å². The summed E-state index contributed by atoms with van der Waals surface area (Å²) in [5.41, 5.74) is -1.27. The number of nitrogens with one attached hydrogen (secondary N) is 1. The van der Waals surface area contributed by atoms with E-state index in [1.54, 1.807) is 30.3 Å². The predicted octanol–water partition coefficient (Wildman–Crippen LogP) is 4.38. The molecule has 0 radical (unpaired) electrons. The number of nitrogens with zero attached hydrogens (tertiary/aromatic N) is 2. The van der Waals surface area contributed by atoms with Gasteiger partial charge in [0.1, 0.15) is 12.4 Å². The first-order chi connectivity index (χ1) is 14.7. The summed E-state index contributed by atoms with van der Waals surface area (Å²) in [6.07, 6.45) is -2.97. The number of alkyl halides is 3. The van der Waals surface area contributed by atoms with Crippen molar-refractivity contribution in [2.45, 2.75) is 13.1 Å². The lowest BCUT2D eigenvalue weighted by Gasteiger charge is -2.14. The molecule has 0 saturated carbocycles. The zero-order valence-electron chi connectivity index (χ0n) is 16.4. The highest BCUT2D eigenvalue weighted by Gasteiger charge is 2.30. The minimum atomic E-state index is -4.54. The van der Waals surface area contributed by atoms with E-state index in [4.69, 9.17) is 4.74 Å². The molecule has 1 amide bonds. The van der Waals surface area contributed by atoms with Gasteiger partial charge in [0.15, 0.2) is 5.69 Å². The van der Waals surface area contributed by atoms with Gasteiger partial charge in [-0.1, -0.05) is 24.8 Å². The van der Waals surface area contributed by atoms with Gasteiger partial charge < -0.3 is 10.1 Å². The molecule has 3 rings (SSSR count). The average Bonchev–Trinajstić information content (AvgIpc) is 2.72. The van der Waals surface area contributed by atoms with Crippen LogP contribution in [0.4, 0.5) is 18.9 Å². The number of rotatable bonds is 6. The van der Waals surface area contributed by atoms with Crippen LogP contribution in [-0.4, -0.2) is 22.3 Å². The molecule has 1 heterocycles. The first-order valence-corrected chi connectivity index (χ1v) is 9.13. The molecule has 0 spiro atoms. The van der Waals surface area contributed by atoms with Crippen molar-refractivity contribution >= 4 is 11.6 Å². The number of aromatic nitrogens is 2. The summed E-state index contributed by atoms with van der Waals surface area (Å²) < 4.78 is 45.7. The summed E-state index contributed by atoms with van der Waals surface area (Å²) in [5.74, 6) is -0.317. The van der Waals surface area contributed by atoms with Crippen LogP contribution in [0.25, 0.3) is 5.69 Å². The lowest BCUT2D eigenvalue weighted by molar-refractivity contribution is -0.137. The van der Waals surface area contributed by atoms with Crippen LogP contribution in [-0.2, 0) is 6.18 Å². The van der Waals surface area contributed by atoms with E-state index < -0.39 is 28.8 Å². The molecule has 0 aliphatic carbocycles. The van der Waals surface area contributed by atoms with Gasteiger partial charge in [0, 0.05) is 23.5 Å². The van der Waals surface area contributed by atoms with Crippen molar-refractivity contribution in [3.05, 3.63) is 94.4 Å². The van der Waals surface area contributed by atoms with Crippen LogP contribution < -0.4 is 15.5 Å². The Balaban J connectivity index is 1.94. The van der Waals surface area contributed by atoms with Gasteiger partial charge in [-0.3, -0.25) is 9.59 Å². The number of aryl methyl sites for hydroxylation is 1. The number of hydrogen-bond acceptors (Lipinski definition) is 4. The Morgan fingerprint density at radius 3 is 2.65 bits per heavy atom. The first kappa shape index (κ1) is 21.8. The molecule has 1 N–H and O–H groups in total. The van der Waals surface area contributed by atoms with Crippen molar-refractivity contribution in [1.29, 1.82) is 0 Å². The minimum Gasteiger partial charge on any atom is -0.489 e. The fourth-order valence-corrected chi connectivity index (χ4v) is 2.79. The second-order valence-corrected chi connectivity index (χ2v) is 6.54. The Morgan fingerprint density at radius 1 is 1.19 bits per heavy atom. The van der Waals surface area contributed by atoms with E-state index in [1.807, 2.05) is 0 Å². The van der Waals surface area contributed by atoms with Gasteiger partial charge in [-0.25, -0.2) is 4.68 Å². The Kier molecular flexibility index (Phi) is 6.24. The first-order valence-electron chi connectivity index (χ1n) is 9.13. The molecule has 160 valence electrons. The SMILES string of the molecule is C=CCOc1cccc(NC(=O)c2nn(-c3cccc(C(F)(F)F)c3)c(C)cc2=O)c1. The molecule has 0 aliphatic rings. The van der Waals surface area contributed by atoms with Crippen molar-refractivity contribution in [2.24, 2.45) is 0 Å². The molecule has 31 heavy (non-hydrogen) atoms. The topological polar surface area (TPSA) is 73.2 Å². The van der Waals surface area contributed by atoms with Crippen LogP contribution in [0.15, 0.2) is 72.0 Å². The molecule has 3 aromatic rings. The third-order valence-electron chi connectivity index (χ3n) is 4.20. The van der Waals surface area contributed by atoms with E-state index in [9.17, 15) is 22.8 Å². The number of anilines is 1. The molecule has 0 saturated heterocycles. The second-order valence-electron chi connectivity index (χ2n) is 6.54. The van der Waals surface area contributed by atoms with Gasteiger partial charge in [0.25, 0.3) is 5.91 Å². The fourth-order valence-electron chi connectivity index (χ4n) is 2.79. The van der Waals surface area contributed by atoms with Crippen LogP contribution in [0, 0.1) is 6.92 Å². The number of amides is 1. The van der Waals surface area contributed by atoms with E-state index in [-0.39, 0.29) is 18.0 Å². The van der Waals surface area contributed by atoms with E-state index in [0.717, 1.165) is 22.9 Å². The Bertz CT molecular complexity index is 1190. The van der Waals surface area contributed by atoms with Crippen LogP contribution in [0.2, 0.25) is 0 Å². The van der Waals surface area contributed by atoms with Crippen molar-refractivity contribution in [3.8, 4) is 11.4 Å². The summed E-state index contributed by atoms with van der Waals surface area (Å²) in [4.78, 5) is 25.0. The third-order valence-corrected chi connectivity index (χ3v) is 4.20. The Hall–Kier alpha value is -3.88. The summed E-state index contributed by atoms with van der Waals surface area (Å²) in [6, 6.07) is 12.1. The van der Waals surface area contributed by atoms with Gasteiger partial charge in [-0.15, -0.1) is 0 Å². The third kappa shape index (κ3) is 5.19. The predicted molar refractivity (Wildman–Crippen MR) is 110 cm³/mol. The molecule has 6 nitrogen and oxygen atoms in total. The smallest absolute Gasteiger partial charge is 0.416 e. The average molecular weight is 429 g/mol. The highest BCUT2D eigenvalue weighted by molar-refractivity contribution is 6.02. The molecular weight excluding hydrogens is 411 g/mol. The zero-order chi connectivity index (χ0) is 22.6. The molecule has 0 bridgehead atoms. The van der Waals surface area contributed by atoms with Crippen LogP contribution in [0.1, 0.15) is 21.7 Å². The summed E-state index contributed by atoms with van der Waals surface area (Å²) in [6.45, 7) is 5.34. The molecule has 1 aromatic heterocycles. The number of carbonyl (C=O) groups excluding carboxylic acids is 1. The molecular formula is C22H18F3N3O3. The maximum Gasteiger partial charge on any atom is 0.416 e.